The van der Waals surface area contributed by atoms with Crippen molar-refractivity contribution < 1.29 is 33.0 Å². The number of hydrogen-bond donors (Lipinski definition) is 2. The molecule has 3 rings (SSSR count). The van der Waals surface area contributed by atoms with Gasteiger partial charge >= 0.3 is 5.97 Å². The summed E-state index contributed by atoms with van der Waals surface area (Å²) in [7, 11) is 1.54. The highest BCUT2D eigenvalue weighted by Gasteiger charge is 2.26. The minimum atomic E-state index is -0.958. The minimum absolute atomic E-state index is 0.0393. The smallest absolute Gasteiger partial charge is 0.306 e. The second-order valence-corrected chi connectivity index (χ2v) is 7.67. The third kappa shape index (κ3) is 5.93. The van der Waals surface area contributed by atoms with Crippen LogP contribution in [0.15, 0.2) is 36.4 Å². The van der Waals surface area contributed by atoms with Gasteiger partial charge in [-0.25, -0.2) is 8.78 Å². The van der Waals surface area contributed by atoms with E-state index in [4.69, 9.17) is 14.6 Å². The summed E-state index contributed by atoms with van der Waals surface area (Å²) in [6.45, 7) is 0.298. The number of aliphatic carboxylic acids is 1. The van der Waals surface area contributed by atoms with E-state index in [0.29, 0.717) is 43.5 Å². The third-order valence-electron chi connectivity index (χ3n) is 5.55. The lowest BCUT2D eigenvalue weighted by Gasteiger charge is -2.26. The monoisotopic (exact) mass is 433 g/mol. The largest absolute Gasteiger partial charge is 0.497 e. The van der Waals surface area contributed by atoms with Gasteiger partial charge in [-0.1, -0.05) is 12.1 Å². The minimum Gasteiger partial charge on any atom is -0.497 e. The maximum atomic E-state index is 14.4. The van der Waals surface area contributed by atoms with Crippen molar-refractivity contribution in [1.82, 2.24) is 5.32 Å². The summed E-state index contributed by atoms with van der Waals surface area (Å²) in [5.74, 6) is -3.35. The number of rotatable bonds is 8. The maximum Gasteiger partial charge on any atom is 0.306 e. The number of carboxylic acid groups (broad SMARTS) is 1. The first-order valence-electron chi connectivity index (χ1n) is 10.1. The molecule has 0 heterocycles. The molecule has 1 aliphatic rings. The summed E-state index contributed by atoms with van der Waals surface area (Å²) in [4.78, 5) is 23.3. The number of hydrogen-bond acceptors (Lipinski definition) is 4. The predicted molar refractivity (Wildman–Crippen MR) is 109 cm³/mol. The Morgan fingerprint density at radius 2 is 1.68 bits per heavy atom. The topological polar surface area (TPSA) is 84.9 Å². The highest BCUT2D eigenvalue weighted by molar-refractivity contribution is 5.94. The number of carbonyl (C=O) groups excluding carboxylic acids is 1. The van der Waals surface area contributed by atoms with E-state index in [1.54, 1.807) is 24.3 Å². The average Bonchev–Trinajstić information content (AvgIpc) is 2.77. The van der Waals surface area contributed by atoms with Crippen molar-refractivity contribution >= 4 is 11.9 Å². The van der Waals surface area contributed by atoms with E-state index in [9.17, 15) is 18.4 Å². The molecule has 0 spiro atoms. The third-order valence-corrected chi connectivity index (χ3v) is 5.55. The van der Waals surface area contributed by atoms with Crippen molar-refractivity contribution in [3.63, 3.8) is 0 Å². The predicted octanol–water partition coefficient (Wildman–Crippen LogP) is 4.17. The van der Waals surface area contributed by atoms with Crippen LogP contribution in [0.2, 0.25) is 0 Å². The lowest BCUT2D eigenvalue weighted by molar-refractivity contribution is -0.143. The molecule has 0 radical (unpaired) electrons. The van der Waals surface area contributed by atoms with Gasteiger partial charge in [-0.3, -0.25) is 9.59 Å². The van der Waals surface area contributed by atoms with Gasteiger partial charge < -0.3 is 19.9 Å². The van der Waals surface area contributed by atoms with Crippen LogP contribution in [0.3, 0.4) is 0 Å². The lowest BCUT2D eigenvalue weighted by atomic mass is 9.82. The second-order valence-electron chi connectivity index (χ2n) is 7.67. The molecule has 0 aliphatic heterocycles. The first kappa shape index (κ1) is 22.5. The molecular weight excluding hydrogens is 408 g/mol. The number of carboxylic acids is 1. The van der Waals surface area contributed by atoms with E-state index < -0.39 is 29.3 Å². The van der Waals surface area contributed by atoms with Crippen molar-refractivity contribution in [1.29, 1.82) is 0 Å². The molecule has 2 aromatic rings. The van der Waals surface area contributed by atoms with Crippen molar-refractivity contribution in [2.45, 2.75) is 32.3 Å². The Bertz CT molecular complexity index is 901. The van der Waals surface area contributed by atoms with Crippen LogP contribution in [0.4, 0.5) is 8.78 Å². The van der Waals surface area contributed by atoms with Crippen molar-refractivity contribution in [2.75, 3.05) is 13.7 Å². The summed E-state index contributed by atoms with van der Waals surface area (Å²) in [6, 6.07) is 8.77. The summed E-state index contributed by atoms with van der Waals surface area (Å²) >= 11 is 0. The number of nitrogens with one attached hydrogen (secondary N) is 1. The Labute approximate surface area is 179 Å². The number of carbonyl (C=O) groups is 2. The summed E-state index contributed by atoms with van der Waals surface area (Å²) < 4.78 is 39.1. The van der Waals surface area contributed by atoms with E-state index in [1.165, 1.54) is 7.11 Å². The Kier molecular flexibility index (Phi) is 7.44. The van der Waals surface area contributed by atoms with Crippen LogP contribution in [-0.2, 0) is 11.4 Å². The normalized spacial score (nSPS) is 18.3. The van der Waals surface area contributed by atoms with Crippen LogP contribution >= 0.6 is 0 Å². The van der Waals surface area contributed by atoms with E-state index in [1.807, 2.05) is 0 Å². The molecule has 6 nitrogen and oxygen atoms in total. The maximum absolute atomic E-state index is 14.4. The van der Waals surface area contributed by atoms with Crippen molar-refractivity contribution in [3.8, 4) is 11.5 Å². The van der Waals surface area contributed by atoms with Crippen LogP contribution in [0.1, 0.15) is 41.6 Å². The zero-order valence-electron chi connectivity index (χ0n) is 17.2. The van der Waals surface area contributed by atoms with E-state index in [2.05, 4.69) is 5.32 Å². The molecule has 31 heavy (non-hydrogen) atoms. The fourth-order valence-electron chi connectivity index (χ4n) is 3.66. The molecule has 0 bridgehead atoms. The number of methoxy groups -OCH3 is 1. The zero-order valence-corrected chi connectivity index (χ0v) is 17.2. The SMILES string of the molecule is COc1ccc(COc2c(F)cc(C(=O)NCC3CCC(C(=O)O)CC3)cc2F)cc1. The molecule has 1 amide bonds. The number of ether oxygens (including phenoxy) is 2. The molecule has 2 N–H and O–H groups in total. The van der Waals surface area contributed by atoms with Crippen LogP contribution < -0.4 is 14.8 Å². The van der Waals surface area contributed by atoms with Crippen molar-refractivity contribution in [3.05, 3.63) is 59.2 Å². The second kappa shape index (κ2) is 10.2. The summed E-state index contributed by atoms with van der Waals surface area (Å²) in [5, 5.41) is 11.7. The zero-order chi connectivity index (χ0) is 22.4. The Hall–Kier alpha value is -3.16. The molecule has 0 unspecified atom stereocenters. The molecule has 1 aliphatic carbocycles. The fraction of sp³-hybridized carbons (Fsp3) is 0.391. The number of benzene rings is 2. The van der Waals surface area contributed by atoms with Gasteiger partial charge in [-0.15, -0.1) is 0 Å². The Morgan fingerprint density at radius 3 is 2.23 bits per heavy atom. The standard InChI is InChI=1S/C23H25F2NO5/c1-30-18-8-4-15(5-9-18)13-31-21-19(24)10-17(11-20(21)25)22(27)26-12-14-2-6-16(7-3-14)23(28)29/h4-5,8-11,14,16H,2-3,6-7,12-13H2,1H3,(H,26,27)(H,28,29). The van der Waals surface area contributed by atoms with Crippen LogP contribution in [0.25, 0.3) is 0 Å². The highest BCUT2D eigenvalue weighted by Crippen LogP contribution is 2.29. The van der Waals surface area contributed by atoms with E-state index in [0.717, 1.165) is 12.1 Å². The summed E-state index contributed by atoms with van der Waals surface area (Å²) in [6.07, 6.45) is 2.52. The quantitative estimate of drug-likeness (QED) is 0.653. The highest BCUT2D eigenvalue weighted by atomic mass is 19.1. The van der Waals surface area contributed by atoms with E-state index >= 15 is 0 Å². The first-order valence-corrected chi connectivity index (χ1v) is 10.1. The van der Waals surface area contributed by atoms with Gasteiger partial charge in [0, 0.05) is 12.1 Å². The Balaban J connectivity index is 1.55. The van der Waals surface area contributed by atoms with Crippen LogP contribution in [0.5, 0.6) is 11.5 Å². The molecule has 0 saturated heterocycles. The number of halogens is 2. The Morgan fingerprint density at radius 1 is 1.06 bits per heavy atom. The molecule has 2 aromatic carbocycles. The lowest BCUT2D eigenvalue weighted by Crippen LogP contribution is -2.32. The number of amides is 1. The molecule has 8 heteroatoms. The van der Waals surface area contributed by atoms with Gasteiger partial charge in [0.1, 0.15) is 12.4 Å². The van der Waals surface area contributed by atoms with Crippen LogP contribution in [-0.4, -0.2) is 30.6 Å². The van der Waals surface area contributed by atoms with Gasteiger partial charge in [-0.2, -0.15) is 0 Å². The first-order chi connectivity index (χ1) is 14.9. The molecule has 0 atom stereocenters. The van der Waals surface area contributed by atoms with Crippen LogP contribution in [0, 0.1) is 23.5 Å². The van der Waals surface area contributed by atoms with Gasteiger partial charge in [-0.05, 0) is 61.4 Å². The molecular formula is C23H25F2NO5. The summed E-state index contributed by atoms with van der Waals surface area (Å²) in [5.41, 5.74) is 0.574. The molecule has 166 valence electrons. The van der Waals surface area contributed by atoms with Gasteiger partial charge in [0.05, 0.1) is 13.0 Å². The van der Waals surface area contributed by atoms with Gasteiger partial charge in [0.15, 0.2) is 17.4 Å². The van der Waals surface area contributed by atoms with E-state index in [-0.39, 0.29) is 24.0 Å². The molecule has 1 saturated carbocycles. The van der Waals surface area contributed by atoms with Gasteiger partial charge in [0.2, 0.25) is 0 Å². The molecule has 1 fully saturated rings. The van der Waals surface area contributed by atoms with Gasteiger partial charge in [0.25, 0.3) is 5.91 Å². The van der Waals surface area contributed by atoms with Crippen molar-refractivity contribution in [2.24, 2.45) is 11.8 Å². The molecule has 0 aromatic heterocycles. The average molecular weight is 433 g/mol. The fourth-order valence-corrected chi connectivity index (χ4v) is 3.66.